The summed E-state index contributed by atoms with van der Waals surface area (Å²) in [5.41, 5.74) is 4.03. The lowest BCUT2D eigenvalue weighted by Crippen LogP contribution is -2.78. The van der Waals surface area contributed by atoms with Gasteiger partial charge in [0.05, 0.1) is 39.6 Å². The summed E-state index contributed by atoms with van der Waals surface area (Å²) in [5, 5.41) is 0. The first-order valence-corrected chi connectivity index (χ1v) is 14.7. The summed E-state index contributed by atoms with van der Waals surface area (Å²) in [6, 6.07) is 2.79. The summed E-state index contributed by atoms with van der Waals surface area (Å²) in [4.78, 5) is 0. The van der Waals surface area contributed by atoms with Gasteiger partial charge in [-0.15, -0.1) is 5.70 Å². The second-order valence-corrected chi connectivity index (χ2v) is 13.7. The minimum atomic E-state index is -1.91. The Morgan fingerprint density at radius 2 is 1.19 bits per heavy atom. The predicted molar refractivity (Wildman–Crippen MR) is 115 cm³/mol. The van der Waals surface area contributed by atoms with Crippen molar-refractivity contribution in [2.24, 2.45) is 0 Å². The second-order valence-electron chi connectivity index (χ2n) is 8.10. The van der Waals surface area contributed by atoms with Crippen molar-refractivity contribution >= 4 is 18.1 Å². The van der Waals surface area contributed by atoms with Crippen LogP contribution in [0.5, 0.6) is 0 Å². The smallest absolute Gasteiger partial charge is 0.290 e. The quantitative estimate of drug-likeness (QED) is 0.433. The zero-order valence-corrected chi connectivity index (χ0v) is 19.9. The maximum absolute atomic E-state index is 5.73. The highest BCUT2D eigenvalue weighted by atomic mass is 28.4. The largest absolute Gasteiger partial charge is 0.379 e. The van der Waals surface area contributed by atoms with E-state index in [0.29, 0.717) is 0 Å². The number of nitrogens with zero attached hydrogens (tertiary/aromatic N) is 3. The molecule has 0 spiro atoms. The van der Waals surface area contributed by atoms with Crippen LogP contribution in [0.2, 0.25) is 12.1 Å². The van der Waals surface area contributed by atoms with Gasteiger partial charge in [0.1, 0.15) is 0 Å². The molecule has 0 aliphatic carbocycles. The highest BCUT2D eigenvalue weighted by Gasteiger charge is 2.51. The normalized spacial score (nSPS) is 24.5. The van der Waals surface area contributed by atoms with E-state index in [1.54, 1.807) is 0 Å². The van der Waals surface area contributed by atoms with Crippen LogP contribution in [0.15, 0.2) is 11.3 Å². The van der Waals surface area contributed by atoms with Crippen LogP contribution in [0.1, 0.15) is 20.3 Å². The van der Waals surface area contributed by atoms with E-state index in [-0.39, 0.29) is 9.52 Å². The molecule has 0 bridgehead atoms. The van der Waals surface area contributed by atoms with E-state index in [2.05, 4.69) is 33.2 Å². The first-order chi connectivity index (χ1) is 13.2. The molecule has 0 radical (unpaired) electrons. The minimum absolute atomic E-state index is 0.0597. The molecule has 3 aliphatic heterocycles. The predicted octanol–water partition coefficient (Wildman–Crippen LogP) is 0.823. The molecule has 3 fully saturated rings. The van der Waals surface area contributed by atoms with E-state index in [0.717, 1.165) is 78.9 Å². The van der Waals surface area contributed by atoms with Crippen LogP contribution in [0, 0.1) is 0 Å². The van der Waals surface area contributed by atoms with Crippen LogP contribution >= 0.6 is 0 Å². The molecule has 0 N–H and O–H groups in total. The maximum Gasteiger partial charge on any atom is 0.290 e. The van der Waals surface area contributed by atoms with Crippen molar-refractivity contribution in [1.29, 1.82) is 0 Å². The molecule has 3 heterocycles. The van der Waals surface area contributed by atoms with Gasteiger partial charge >= 0.3 is 0 Å². The van der Waals surface area contributed by atoms with Crippen molar-refractivity contribution in [1.82, 2.24) is 13.7 Å². The molecule has 27 heavy (non-hydrogen) atoms. The van der Waals surface area contributed by atoms with Crippen molar-refractivity contribution in [3.8, 4) is 0 Å². The second kappa shape index (κ2) is 11.2. The molecule has 0 aromatic heterocycles. The first-order valence-electron chi connectivity index (χ1n) is 10.9. The number of hydrogen-bond donors (Lipinski definition) is 0. The Labute approximate surface area is 168 Å². The van der Waals surface area contributed by atoms with Gasteiger partial charge in [-0.1, -0.05) is 18.0 Å². The molecule has 0 amide bonds. The van der Waals surface area contributed by atoms with Gasteiger partial charge in [0, 0.05) is 48.8 Å². The zero-order chi connectivity index (χ0) is 19.0. The Kier molecular flexibility index (Phi) is 8.98. The number of allylic oxidation sites excluding steroid dienone is 1. The Morgan fingerprint density at radius 3 is 1.56 bits per heavy atom. The molecule has 0 aromatic carbocycles. The lowest BCUT2D eigenvalue weighted by Gasteiger charge is -2.56. The lowest BCUT2D eigenvalue weighted by molar-refractivity contribution is 0.0152. The van der Waals surface area contributed by atoms with Crippen molar-refractivity contribution in [2.75, 3.05) is 78.9 Å². The molecule has 3 aliphatic rings. The Hall–Kier alpha value is -0.0662. The summed E-state index contributed by atoms with van der Waals surface area (Å²) in [6.45, 7) is 16.3. The highest BCUT2D eigenvalue weighted by Crippen LogP contribution is 2.30. The molecular formula is C19H39N3O3Si2. The number of hydrogen-bond acceptors (Lipinski definition) is 6. The standard InChI is InChI=1S/C19H39N3O3Si2/c1-19(2)18-26-16-3-17-27(20-4-10-23-11-5-20,21-6-12-24-13-7-21)22-8-14-25-15-9-22/h18H,3-17,26H2,1-2H3. The van der Waals surface area contributed by atoms with E-state index in [1.807, 2.05) is 0 Å². The topological polar surface area (TPSA) is 37.4 Å². The molecule has 6 nitrogen and oxygen atoms in total. The Bertz CT molecular complexity index is 414. The van der Waals surface area contributed by atoms with Crippen molar-refractivity contribution in [2.45, 2.75) is 32.4 Å². The van der Waals surface area contributed by atoms with Gasteiger partial charge < -0.3 is 14.2 Å². The molecule has 0 atom stereocenters. The first kappa shape index (κ1) is 21.6. The van der Waals surface area contributed by atoms with Crippen LogP contribution in [0.3, 0.4) is 0 Å². The van der Waals surface area contributed by atoms with Gasteiger partial charge in [0.15, 0.2) is 0 Å². The Balaban J connectivity index is 1.79. The molecule has 0 saturated carbocycles. The molecule has 156 valence electrons. The van der Waals surface area contributed by atoms with Crippen LogP contribution in [-0.4, -0.2) is 111 Å². The van der Waals surface area contributed by atoms with Crippen LogP contribution in [0.25, 0.3) is 0 Å². The van der Waals surface area contributed by atoms with E-state index in [9.17, 15) is 0 Å². The van der Waals surface area contributed by atoms with Gasteiger partial charge in [-0.3, -0.25) is 13.7 Å². The fraction of sp³-hybridized carbons (Fsp3) is 0.895. The van der Waals surface area contributed by atoms with E-state index in [1.165, 1.54) is 24.1 Å². The van der Waals surface area contributed by atoms with E-state index >= 15 is 0 Å². The fourth-order valence-electron chi connectivity index (χ4n) is 4.74. The summed E-state index contributed by atoms with van der Waals surface area (Å²) in [5.74, 6) is 0. The number of morpholine rings is 3. The van der Waals surface area contributed by atoms with Crippen molar-refractivity contribution in [3.05, 3.63) is 11.3 Å². The molecule has 8 heteroatoms. The minimum Gasteiger partial charge on any atom is -0.379 e. The van der Waals surface area contributed by atoms with Crippen molar-refractivity contribution in [3.63, 3.8) is 0 Å². The van der Waals surface area contributed by atoms with Gasteiger partial charge in [0.25, 0.3) is 8.56 Å². The summed E-state index contributed by atoms with van der Waals surface area (Å²) < 4.78 is 25.8. The summed E-state index contributed by atoms with van der Waals surface area (Å²) >= 11 is 0. The van der Waals surface area contributed by atoms with E-state index < -0.39 is 8.56 Å². The zero-order valence-electron chi connectivity index (χ0n) is 17.5. The van der Waals surface area contributed by atoms with Gasteiger partial charge in [0.2, 0.25) is 0 Å². The number of rotatable bonds is 8. The third kappa shape index (κ3) is 5.73. The van der Waals surface area contributed by atoms with Crippen molar-refractivity contribution < 1.29 is 14.2 Å². The molecule has 3 rings (SSSR count). The van der Waals surface area contributed by atoms with Gasteiger partial charge in [-0.2, -0.15) is 0 Å². The average molecular weight is 414 g/mol. The fourth-order valence-corrected chi connectivity index (χ4v) is 12.1. The molecule has 0 aromatic rings. The SMILES string of the molecule is CC(C)=C[SiH2]CCC[Si](N1CCOCC1)(N1CCOCC1)N1CCOCC1. The molecular weight excluding hydrogens is 374 g/mol. The van der Waals surface area contributed by atoms with Crippen LogP contribution in [0.4, 0.5) is 0 Å². The van der Waals surface area contributed by atoms with Gasteiger partial charge in [-0.25, -0.2) is 0 Å². The Morgan fingerprint density at radius 1 is 0.778 bits per heavy atom. The molecule has 0 unspecified atom stereocenters. The lowest BCUT2D eigenvalue weighted by atomic mass is 10.4. The van der Waals surface area contributed by atoms with Crippen LogP contribution in [-0.2, 0) is 14.2 Å². The average Bonchev–Trinajstić information content (AvgIpc) is 2.73. The van der Waals surface area contributed by atoms with E-state index in [4.69, 9.17) is 14.2 Å². The monoisotopic (exact) mass is 413 g/mol. The maximum atomic E-state index is 5.73. The number of ether oxygens (including phenoxy) is 3. The highest BCUT2D eigenvalue weighted by molar-refractivity contribution is 6.72. The van der Waals surface area contributed by atoms with Crippen LogP contribution < -0.4 is 0 Å². The summed E-state index contributed by atoms with van der Waals surface area (Å²) in [6.07, 6.45) is 1.37. The van der Waals surface area contributed by atoms with Gasteiger partial charge in [-0.05, 0) is 19.9 Å². The molecule has 3 saturated heterocycles. The summed E-state index contributed by atoms with van der Waals surface area (Å²) in [7, 11) is -1.97. The third-order valence-electron chi connectivity index (χ3n) is 6.07. The third-order valence-corrected chi connectivity index (χ3v) is 13.5.